The lowest BCUT2D eigenvalue weighted by Gasteiger charge is -2.33. The van der Waals surface area contributed by atoms with E-state index in [1.54, 1.807) is 0 Å². The number of aromatic amines is 1. The molecule has 0 aromatic carbocycles. The monoisotopic (exact) mass is 758 g/mol. The number of ether oxygens (including phenoxy) is 3. The molecule has 0 aliphatic carbocycles. The van der Waals surface area contributed by atoms with Crippen LogP contribution in [0.4, 0.5) is 0 Å². The Morgan fingerprint density at radius 1 is 0.849 bits per heavy atom. The SMILES string of the molecule is CCCCCCCCC(=O)NCCCCCC(=O)NCCCN[C@H](C(=O)O)[C@H](O[C@@H]1O[C@H](CN)[C@@H](O)[C@H]1O)[C@H]1O[C@@H](n2ccc(=O)[nH]c2=O)[C@H](O)[C@@H]1O. The highest BCUT2D eigenvalue weighted by molar-refractivity contribution is 5.76. The topological polar surface area (TPSA) is 297 Å². The number of carboxylic acids is 1. The molecule has 3 heterocycles. The van der Waals surface area contributed by atoms with E-state index in [1.807, 2.05) is 4.98 Å². The third kappa shape index (κ3) is 13.5. The average Bonchev–Trinajstić information content (AvgIpc) is 3.57. The van der Waals surface area contributed by atoms with Crippen molar-refractivity contribution < 1.29 is 54.1 Å². The van der Waals surface area contributed by atoms with E-state index in [9.17, 15) is 49.5 Å². The Balaban J connectivity index is 1.49. The fourth-order valence-electron chi connectivity index (χ4n) is 6.31. The van der Waals surface area contributed by atoms with Crippen LogP contribution in [0, 0.1) is 0 Å². The lowest BCUT2D eigenvalue weighted by atomic mass is 9.98. The molecule has 1 aromatic rings. The van der Waals surface area contributed by atoms with E-state index >= 15 is 0 Å². The van der Waals surface area contributed by atoms with E-state index in [1.165, 1.54) is 19.3 Å². The molecular formula is C34H58N6O13. The second-order valence-corrected chi connectivity index (χ2v) is 13.5. The van der Waals surface area contributed by atoms with Gasteiger partial charge in [0.15, 0.2) is 12.5 Å². The maximum Gasteiger partial charge on any atom is 0.330 e. The van der Waals surface area contributed by atoms with Crippen LogP contribution in [0.1, 0.15) is 90.2 Å². The number of amides is 2. The van der Waals surface area contributed by atoms with Crippen molar-refractivity contribution >= 4 is 17.8 Å². The van der Waals surface area contributed by atoms with Gasteiger partial charge in [-0.1, -0.05) is 45.4 Å². The first-order valence-corrected chi connectivity index (χ1v) is 18.6. The van der Waals surface area contributed by atoms with Crippen molar-refractivity contribution in [1.29, 1.82) is 0 Å². The molecule has 2 amide bonds. The Morgan fingerprint density at radius 2 is 1.47 bits per heavy atom. The number of aliphatic hydroxyl groups excluding tert-OH is 4. The van der Waals surface area contributed by atoms with E-state index in [4.69, 9.17) is 19.9 Å². The summed E-state index contributed by atoms with van der Waals surface area (Å²) in [6, 6.07) is -0.678. The predicted molar refractivity (Wildman–Crippen MR) is 188 cm³/mol. The minimum absolute atomic E-state index is 0.0197. The van der Waals surface area contributed by atoms with Gasteiger partial charge in [-0.15, -0.1) is 0 Å². The van der Waals surface area contributed by atoms with Crippen LogP contribution >= 0.6 is 0 Å². The quantitative estimate of drug-likeness (QED) is 0.0479. The molecule has 2 aliphatic heterocycles. The molecule has 11 N–H and O–H groups in total. The van der Waals surface area contributed by atoms with E-state index in [0.717, 1.165) is 48.9 Å². The van der Waals surface area contributed by atoms with Gasteiger partial charge in [-0.2, -0.15) is 0 Å². The molecule has 19 nitrogen and oxygen atoms in total. The number of nitrogens with zero attached hydrogens (tertiary/aromatic N) is 1. The number of H-pyrrole nitrogens is 1. The number of carbonyl (C=O) groups excluding carboxylic acids is 2. The van der Waals surface area contributed by atoms with Gasteiger partial charge < -0.3 is 61.4 Å². The molecule has 10 atom stereocenters. The van der Waals surface area contributed by atoms with Crippen LogP contribution in [0.25, 0.3) is 0 Å². The molecular weight excluding hydrogens is 700 g/mol. The predicted octanol–water partition coefficient (Wildman–Crippen LogP) is -2.08. The maximum atomic E-state index is 12.6. The molecule has 2 aliphatic rings. The first-order chi connectivity index (χ1) is 25.4. The summed E-state index contributed by atoms with van der Waals surface area (Å²) in [5.74, 6) is -1.61. The van der Waals surface area contributed by atoms with E-state index < -0.39 is 78.5 Å². The Labute approximate surface area is 307 Å². The average molecular weight is 759 g/mol. The van der Waals surface area contributed by atoms with Gasteiger partial charge >= 0.3 is 11.7 Å². The van der Waals surface area contributed by atoms with Gasteiger partial charge in [0.25, 0.3) is 5.56 Å². The van der Waals surface area contributed by atoms with E-state index in [-0.39, 0.29) is 44.3 Å². The maximum absolute atomic E-state index is 12.6. The molecule has 0 unspecified atom stereocenters. The third-order valence-corrected chi connectivity index (χ3v) is 9.36. The smallest absolute Gasteiger partial charge is 0.330 e. The van der Waals surface area contributed by atoms with Crippen LogP contribution in [0.3, 0.4) is 0 Å². The summed E-state index contributed by atoms with van der Waals surface area (Å²) >= 11 is 0. The molecule has 1 aromatic heterocycles. The Kier molecular flexibility index (Phi) is 19.0. The molecule has 53 heavy (non-hydrogen) atoms. The van der Waals surface area contributed by atoms with Gasteiger partial charge in [-0.3, -0.25) is 28.7 Å². The summed E-state index contributed by atoms with van der Waals surface area (Å²) in [5, 5.41) is 61.3. The molecule has 2 saturated heterocycles. The summed E-state index contributed by atoms with van der Waals surface area (Å²) in [7, 11) is 0. The number of unbranched alkanes of at least 4 members (excludes halogenated alkanes) is 7. The van der Waals surface area contributed by atoms with Gasteiger partial charge in [-0.25, -0.2) is 4.79 Å². The van der Waals surface area contributed by atoms with Crippen molar-refractivity contribution in [2.24, 2.45) is 5.73 Å². The van der Waals surface area contributed by atoms with Crippen molar-refractivity contribution in [1.82, 2.24) is 25.5 Å². The summed E-state index contributed by atoms with van der Waals surface area (Å²) in [4.78, 5) is 62.9. The Bertz CT molecular complexity index is 1390. The number of hydrogen-bond acceptors (Lipinski definition) is 14. The zero-order valence-electron chi connectivity index (χ0n) is 30.3. The summed E-state index contributed by atoms with van der Waals surface area (Å²) < 4.78 is 17.9. The number of nitrogens with one attached hydrogen (secondary N) is 4. The first-order valence-electron chi connectivity index (χ1n) is 18.6. The molecule has 19 heteroatoms. The van der Waals surface area contributed by atoms with Crippen molar-refractivity contribution in [2.45, 2.75) is 145 Å². The van der Waals surface area contributed by atoms with Gasteiger partial charge in [0.1, 0.15) is 48.8 Å². The van der Waals surface area contributed by atoms with Crippen LogP contribution in [0.2, 0.25) is 0 Å². The minimum atomic E-state index is -1.83. The van der Waals surface area contributed by atoms with Crippen molar-refractivity contribution in [3.05, 3.63) is 33.1 Å². The largest absolute Gasteiger partial charge is 0.480 e. The summed E-state index contributed by atoms with van der Waals surface area (Å²) in [5.41, 5.74) is 3.91. The lowest BCUT2D eigenvalue weighted by molar-refractivity contribution is -0.228. The van der Waals surface area contributed by atoms with Crippen LogP contribution in [-0.4, -0.2) is 134 Å². The van der Waals surface area contributed by atoms with Crippen LogP contribution in [0.15, 0.2) is 21.9 Å². The Morgan fingerprint density at radius 3 is 2.08 bits per heavy atom. The van der Waals surface area contributed by atoms with Crippen LogP contribution in [-0.2, 0) is 28.6 Å². The number of carbonyl (C=O) groups is 3. The number of nitrogens with two attached hydrogens (primary N) is 1. The number of aromatic nitrogens is 2. The second kappa shape index (κ2) is 22.8. The van der Waals surface area contributed by atoms with Gasteiger partial charge in [0, 0.05) is 44.7 Å². The van der Waals surface area contributed by atoms with Gasteiger partial charge in [0.2, 0.25) is 11.8 Å². The van der Waals surface area contributed by atoms with Gasteiger partial charge in [0.05, 0.1) is 0 Å². The lowest BCUT2D eigenvalue weighted by Crippen LogP contribution is -2.57. The molecule has 3 rings (SSSR count). The number of aliphatic carboxylic acids is 1. The Hall–Kier alpha value is -3.27. The number of aliphatic hydroxyl groups is 4. The molecule has 0 radical (unpaired) electrons. The number of carboxylic acid groups (broad SMARTS) is 1. The van der Waals surface area contributed by atoms with E-state index in [0.29, 0.717) is 19.4 Å². The molecule has 0 saturated carbocycles. The number of hydrogen-bond donors (Lipinski definition) is 10. The van der Waals surface area contributed by atoms with Crippen molar-refractivity contribution in [2.75, 3.05) is 26.2 Å². The standard InChI is InChI=1S/C34H58N6O13/c1-2-3-4-5-6-8-12-21(41)36-15-10-7-9-13-22(42)37-16-11-17-38-24(32(48)49)29(53-33-28(47)25(44)20(19-35)51-33)30-26(45)27(46)31(52-30)40-18-14-23(43)39-34(40)50/h14,18,20,24-31,33,38,44-47H,2-13,15-17,19,35H2,1H3,(H,36,41)(H,37,42)(H,48,49)(H,39,43,50)/t20-,24+,25-,26+,27-,28-,29+,30+,31-,33+/m1/s1. The highest BCUT2D eigenvalue weighted by Gasteiger charge is 2.54. The normalized spacial score (nSPS) is 26.7. The van der Waals surface area contributed by atoms with Gasteiger partial charge in [-0.05, 0) is 32.2 Å². The highest BCUT2D eigenvalue weighted by Crippen LogP contribution is 2.34. The summed E-state index contributed by atoms with van der Waals surface area (Å²) in [6.07, 6.45) is -3.32. The highest BCUT2D eigenvalue weighted by atomic mass is 16.7. The van der Waals surface area contributed by atoms with Crippen molar-refractivity contribution in [3.63, 3.8) is 0 Å². The third-order valence-electron chi connectivity index (χ3n) is 9.36. The fourth-order valence-corrected chi connectivity index (χ4v) is 6.31. The first kappa shape index (κ1) is 44.1. The molecule has 2 fully saturated rings. The second-order valence-electron chi connectivity index (χ2n) is 13.5. The molecule has 302 valence electrons. The van der Waals surface area contributed by atoms with E-state index in [2.05, 4.69) is 22.9 Å². The summed E-state index contributed by atoms with van der Waals surface area (Å²) in [6.45, 7) is 2.74. The van der Waals surface area contributed by atoms with Crippen molar-refractivity contribution in [3.8, 4) is 0 Å². The molecule has 0 spiro atoms. The zero-order valence-corrected chi connectivity index (χ0v) is 30.3. The zero-order chi connectivity index (χ0) is 38.9. The number of rotatable bonds is 25. The van der Waals surface area contributed by atoms with Crippen LogP contribution < -0.4 is 32.9 Å². The molecule has 0 bridgehead atoms. The van der Waals surface area contributed by atoms with Crippen LogP contribution in [0.5, 0.6) is 0 Å². The fraction of sp³-hybridized carbons (Fsp3) is 0.794. The minimum Gasteiger partial charge on any atom is -0.480 e.